The second kappa shape index (κ2) is 5.30. The zero-order chi connectivity index (χ0) is 12.1. The number of rotatable bonds is 3. The molecule has 16 heavy (non-hydrogen) atoms. The van der Waals surface area contributed by atoms with Crippen molar-refractivity contribution in [2.24, 2.45) is 0 Å². The van der Waals surface area contributed by atoms with Crippen molar-refractivity contribution in [3.8, 4) is 5.75 Å². The molecule has 0 aliphatic heterocycles. The van der Waals surface area contributed by atoms with Gasteiger partial charge < -0.3 is 4.74 Å². The number of hydrogen-bond donors (Lipinski definition) is 0. The van der Waals surface area contributed by atoms with E-state index in [2.05, 4.69) is 0 Å². The van der Waals surface area contributed by atoms with Crippen molar-refractivity contribution in [3.05, 3.63) is 24.3 Å². The van der Waals surface area contributed by atoms with Crippen LogP contribution in [-0.2, 0) is 9.59 Å². The molecule has 0 aliphatic carbocycles. The van der Waals surface area contributed by atoms with Gasteiger partial charge in [-0.05, 0) is 19.1 Å². The second-order valence-electron chi connectivity index (χ2n) is 3.27. The lowest BCUT2D eigenvalue weighted by atomic mass is 10.2. The molecular weight excluding hydrogens is 206 g/mol. The summed E-state index contributed by atoms with van der Waals surface area (Å²) < 4.78 is 5.37. The number of anilines is 1. The van der Waals surface area contributed by atoms with Gasteiger partial charge in [0.15, 0.2) is 0 Å². The Morgan fingerprint density at radius 3 is 2.25 bits per heavy atom. The Bertz CT molecular complexity index is 387. The molecule has 0 aliphatic rings. The molecule has 0 radical (unpaired) electrons. The molecule has 1 aromatic carbocycles. The highest BCUT2D eigenvalue weighted by Crippen LogP contribution is 2.28. The summed E-state index contributed by atoms with van der Waals surface area (Å²) >= 11 is 0. The number of nitrogens with zero attached hydrogens (tertiary/aromatic N) is 1. The number of amides is 2. The van der Waals surface area contributed by atoms with E-state index in [0.717, 1.165) is 4.90 Å². The Labute approximate surface area is 94.8 Å². The van der Waals surface area contributed by atoms with E-state index in [9.17, 15) is 9.59 Å². The number of carbonyl (C=O) groups is 2. The van der Waals surface area contributed by atoms with Gasteiger partial charge in [0.05, 0.1) is 12.3 Å². The molecule has 0 N–H and O–H groups in total. The molecule has 4 heteroatoms. The lowest BCUT2D eigenvalue weighted by Gasteiger charge is -2.20. The zero-order valence-electron chi connectivity index (χ0n) is 9.69. The Balaban J connectivity index is 3.18. The van der Waals surface area contributed by atoms with Gasteiger partial charge in [0, 0.05) is 13.8 Å². The van der Waals surface area contributed by atoms with Crippen molar-refractivity contribution in [2.45, 2.75) is 20.8 Å². The van der Waals surface area contributed by atoms with Crippen molar-refractivity contribution in [1.82, 2.24) is 0 Å². The summed E-state index contributed by atoms with van der Waals surface area (Å²) in [6.07, 6.45) is 0. The zero-order valence-corrected chi connectivity index (χ0v) is 9.69. The topological polar surface area (TPSA) is 46.6 Å². The standard InChI is InChI=1S/C12H15NO3/c1-4-16-12-8-6-5-7-11(12)13(9(2)14)10(3)15/h5-8H,4H2,1-3H3. The van der Waals surface area contributed by atoms with Crippen LogP contribution in [0.15, 0.2) is 24.3 Å². The minimum atomic E-state index is -0.320. The van der Waals surface area contributed by atoms with Gasteiger partial charge in [-0.15, -0.1) is 0 Å². The molecule has 4 nitrogen and oxygen atoms in total. The van der Waals surface area contributed by atoms with Crippen LogP contribution < -0.4 is 9.64 Å². The predicted molar refractivity (Wildman–Crippen MR) is 61.5 cm³/mol. The number of hydrogen-bond acceptors (Lipinski definition) is 3. The lowest BCUT2D eigenvalue weighted by molar-refractivity contribution is -0.124. The second-order valence-corrected chi connectivity index (χ2v) is 3.27. The van der Waals surface area contributed by atoms with E-state index in [-0.39, 0.29) is 11.8 Å². The summed E-state index contributed by atoms with van der Waals surface area (Å²) in [5, 5.41) is 0. The number of carbonyl (C=O) groups excluding carboxylic acids is 2. The summed E-state index contributed by atoms with van der Waals surface area (Å²) in [5.74, 6) is -0.102. The Hall–Kier alpha value is -1.84. The predicted octanol–water partition coefficient (Wildman–Crippen LogP) is 1.98. The molecule has 0 heterocycles. The normalized spacial score (nSPS) is 9.69. The van der Waals surface area contributed by atoms with E-state index in [1.165, 1.54) is 13.8 Å². The van der Waals surface area contributed by atoms with Crippen molar-refractivity contribution >= 4 is 17.5 Å². The average Bonchev–Trinajstić information content (AvgIpc) is 2.20. The fourth-order valence-electron chi connectivity index (χ4n) is 1.48. The fourth-order valence-corrected chi connectivity index (χ4v) is 1.48. The summed E-state index contributed by atoms with van der Waals surface area (Å²) in [4.78, 5) is 23.9. The molecule has 0 aromatic heterocycles. The van der Waals surface area contributed by atoms with Crippen LogP contribution in [0.3, 0.4) is 0 Å². The molecule has 86 valence electrons. The summed E-state index contributed by atoms with van der Waals surface area (Å²) in [7, 11) is 0. The highest BCUT2D eigenvalue weighted by atomic mass is 16.5. The van der Waals surface area contributed by atoms with Gasteiger partial charge in [-0.1, -0.05) is 12.1 Å². The van der Waals surface area contributed by atoms with Crippen molar-refractivity contribution in [2.75, 3.05) is 11.5 Å². The van der Waals surface area contributed by atoms with Crippen LogP contribution >= 0.6 is 0 Å². The summed E-state index contributed by atoms with van der Waals surface area (Å²) in [6, 6.07) is 6.98. The van der Waals surface area contributed by atoms with Gasteiger partial charge >= 0.3 is 0 Å². The SMILES string of the molecule is CCOc1ccccc1N(C(C)=O)C(C)=O. The van der Waals surface area contributed by atoms with Gasteiger partial charge in [-0.3, -0.25) is 9.59 Å². The molecular formula is C12H15NO3. The first kappa shape index (κ1) is 12.2. The summed E-state index contributed by atoms with van der Waals surface area (Å²) in [6.45, 7) is 5.04. The van der Waals surface area contributed by atoms with E-state index >= 15 is 0 Å². The maximum atomic E-state index is 11.4. The van der Waals surface area contributed by atoms with Crippen LogP contribution in [0.1, 0.15) is 20.8 Å². The monoisotopic (exact) mass is 221 g/mol. The average molecular weight is 221 g/mol. The number of ether oxygens (including phenoxy) is 1. The molecule has 0 spiro atoms. The largest absolute Gasteiger partial charge is 0.492 e. The smallest absolute Gasteiger partial charge is 0.230 e. The van der Waals surface area contributed by atoms with E-state index < -0.39 is 0 Å². The van der Waals surface area contributed by atoms with E-state index in [0.29, 0.717) is 18.0 Å². The third-order valence-electron chi connectivity index (χ3n) is 2.04. The minimum Gasteiger partial charge on any atom is -0.492 e. The van der Waals surface area contributed by atoms with Gasteiger partial charge in [0.25, 0.3) is 0 Å². The van der Waals surface area contributed by atoms with E-state index in [4.69, 9.17) is 4.74 Å². The maximum absolute atomic E-state index is 11.4. The van der Waals surface area contributed by atoms with Crippen LogP contribution in [0, 0.1) is 0 Å². The van der Waals surface area contributed by atoms with E-state index in [1.807, 2.05) is 6.92 Å². The van der Waals surface area contributed by atoms with Crippen molar-refractivity contribution < 1.29 is 14.3 Å². The third kappa shape index (κ3) is 2.59. The van der Waals surface area contributed by atoms with Gasteiger partial charge in [-0.25, -0.2) is 4.90 Å². The maximum Gasteiger partial charge on any atom is 0.230 e. The first-order valence-electron chi connectivity index (χ1n) is 5.11. The molecule has 1 aromatic rings. The highest BCUT2D eigenvalue weighted by Gasteiger charge is 2.19. The molecule has 0 atom stereocenters. The fraction of sp³-hybridized carbons (Fsp3) is 0.333. The molecule has 1 rings (SSSR count). The van der Waals surface area contributed by atoms with Crippen molar-refractivity contribution in [3.63, 3.8) is 0 Å². The Morgan fingerprint density at radius 1 is 1.19 bits per heavy atom. The highest BCUT2D eigenvalue weighted by molar-refractivity contribution is 6.14. The first-order valence-corrected chi connectivity index (χ1v) is 5.11. The molecule has 2 amide bonds. The number of benzene rings is 1. The van der Waals surface area contributed by atoms with Crippen LogP contribution in [0.5, 0.6) is 5.75 Å². The quantitative estimate of drug-likeness (QED) is 0.784. The molecule has 0 saturated heterocycles. The molecule has 0 saturated carbocycles. The minimum absolute atomic E-state index is 0.320. The lowest BCUT2D eigenvalue weighted by Crippen LogP contribution is -2.33. The molecule has 0 bridgehead atoms. The van der Waals surface area contributed by atoms with Crippen LogP contribution in [0.25, 0.3) is 0 Å². The van der Waals surface area contributed by atoms with Crippen LogP contribution in [0.2, 0.25) is 0 Å². The number of para-hydroxylation sites is 2. The van der Waals surface area contributed by atoms with Crippen LogP contribution in [0.4, 0.5) is 5.69 Å². The first-order chi connectivity index (χ1) is 7.57. The summed E-state index contributed by atoms with van der Waals surface area (Å²) in [5.41, 5.74) is 0.490. The third-order valence-corrected chi connectivity index (χ3v) is 2.04. The van der Waals surface area contributed by atoms with E-state index in [1.54, 1.807) is 24.3 Å². The Morgan fingerprint density at radius 2 is 1.75 bits per heavy atom. The van der Waals surface area contributed by atoms with Crippen molar-refractivity contribution in [1.29, 1.82) is 0 Å². The van der Waals surface area contributed by atoms with Crippen LogP contribution in [-0.4, -0.2) is 18.4 Å². The van der Waals surface area contributed by atoms with Gasteiger partial charge in [-0.2, -0.15) is 0 Å². The Kier molecular flexibility index (Phi) is 4.05. The van der Waals surface area contributed by atoms with Gasteiger partial charge in [0.2, 0.25) is 11.8 Å². The van der Waals surface area contributed by atoms with Gasteiger partial charge in [0.1, 0.15) is 5.75 Å². The molecule has 0 fully saturated rings. The molecule has 0 unspecified atom stereocenters. The number of imide groups is 1.